The van der Waals surface area contributed by atoms with Crippen LogP contribution in [-0.2, 0) is 11.3 Å². The van der Waals surface area contributed by atoms with Gasteiger partial charge < -0.3 is 10.1 Å². The van der Waals surface area contributed by atoms with Crippen molar-refractivity contribution in [3.8, 4) is 5.88 Å². The summed E-state index contributed by atoms with van der Waals surface area (Å²) in [7, 11) is 0. The van der Waals surface area contributed by atoms with Gasteiger partial charge in [0.05, 0.1) is 0 Å². The lowest BCUT2D eigenvalue weighted by atomic mass is 10.2. The van der Waals surface area contributed by atoms with Crippen molar-refractivity contribution in [1.82, 2.24) is 25.1 Å². The predicted octanol–water partition coefficient (Wildman–Crippen LogP) is 1.49. The van der Waals surface area contributed by atoms with Crippen LogP contribution in [0, 0.1) is 0 Å². The Morgan fingerprint density at radius 1 is 1.48 bits per heavy atom. The highest BCUT2D eigenvalue weighted by Gasteiger charge is 2.29. The Hall–Kier alpha value is -2.65. The Kier molecular flexibility index (Phi) is 5.14. The van der Waals surface area contributed by atoms with E-state index in [1.54, 1.807) is 13.0 Å². The van der Waals surface area contributed by atoms with Crippen LogP contribution in [0.1, 0.15) is 18.5 Å². The molecule has 0 saturated carbocycles. The van der Waals surface area contributed by atoms with Crippen LogP contribution in [-0.4, -0.2) is 38.4 Å². The molecule has 1 atom stereocenters. The second-order valence-electron chi connectivity index (χ2n) is 4.64. The molecule has 1 N–H and O–H groups in total. The predicted molar refractivity (Wildman–Crippen MR) is 72.4 cm³/mol. The van der Waals surface area contributed by atoms with Crippen LogP contribution in [0.5, 0.6) is 5.88 Å². The zero-order chi connectivity index (χ0) is 16.9. The molecule has 0 aliphatic rings. The molecule has 0 bridgehead atoms. The van der Waals surface area contributed by atoms with E-state index in [-0.39, 0.29) is 18.3 Å². The van der Waals surface area contributed by atoms with Gasteiger partial charge in [-0.05, 0) is 13.0 Å². The summed E-state index contributed by atoms with van der Waals surface area (Å²) >= 11 is 0. The summed E-state index contributed by atoms with van der Waals surface area (Å²) in [6.07, 6.45) is -0.450. The minimum Gasteiger partial charge on any atom is -0.468 e. The summed E-state index contributed by atoms with van der Waals surface area (Å²) in [5, 5.41) is 6.44. The van der Waals surface area contributed by atoms with Crippen molar-refractivity contribution in [3.63, 3.8) is 0 Å². The maximum atomic E-state index is 12.2. The number of ether oxygens (including phenoxy) is 1. The van der Waals surface area contributed by atoms with Crippen LogP contribution in [0.4, 0.5) is 13.2 Å². The molecule has 2 aromatic heterocycles. The SMILES string of the molecule is CC(C(=O)NCc1cccnc1OCC(F)(F)F)n1cncn1. The quantitative estimate of drug-likeness (QED) is 0.868. The number of hydrogen-bond donors (Lipinski definition) is 1. The number of carbonyl (C=O) groups is 1. The van der Waals surface area contributed by atoms with Gasteiger partial charge in [0.1, 0.15) is 18.7 Å². The highest BCUT2D eigenvalue weighted by atomic mass is 19.4. The molecule has 0 spiro atoms. The van der Waals surface area contributed by atoms with Gasteiger partial charge in [-0.2, -0.15) is 18.3 Å². The van der Waals surface area contributed by atoms with Crippen LogP contribution in [0.25, 0.3) is 0 Å². The van der Waals surface area contributed by atoms with E-state index in [2.05, 4.69) is 25.1 Å². The van der Waals surface area contributed by atoms with E-state index in [1.165, 1.54) is 29.6 Å². The van der Waals surface area contributed by atoms with Gasteiger partial charge in [0.25, 0.3) is 0 Å². The van der Waals surface area contributed by atoms with E-state index in [1.807, 2.05) is 0 Å². The molecule has 0 fully saturated rings. The first-order chi connectivity index (χ1) is 10.9. The van der Waals surface area contributed by atoms with E-state index in [9.17, 15) is 18.0 Å². The number of aromatic nitrogens is 4. The molecule has 0 saturated heterocycles. The molecule has 0 aliphatic carbocycles. The molecule has 1 unspecified atom stereocenters. The van der Waals surface area contributed by atoms with Crippen molar-refractivity contribution in [2.45, 2.75) is 25.7 Å². The molecule has 2 rings (SSSR count). The lowest BCUT2D eigenvalue weighted by Gasteiger charge is -2.14. The summed E-state index contributed by atoms with van der Waals surface area (Å²) in [5.74, 6) is -0.528. The highest BCUT2D eigenvalue weighted by molar-refractivity contribution is 5.79. The Bertz CT molecular complexity index is 645. The van der Waals surface area contributed by atoms with Crippen molar-refractivity contribution in [2.24, 2.45) is 0 Å². The fourth-order valence-electron chi connectivity index (χ4n) is 1.71. The molecule has 7 nitrogen and oxygen atoms in total. The van der Waals surface area contributed by atoms with Crippen molar-refractivity contribution in [2.75, 3.05) is 6.61 Å². The van der Waals surface area contributed by atoms with Gasteiger partial charge in [0.15, 0.2) is 6.61 Å². The maximum absolute atomic E-state index is 12.2. The molecule has 23 heavy (non-hydrogen) atoms. The lowest BCUT2D eigenvalue weighted by molar-refractivity contribution is -0.154. The zero-order valence-corrected chi connectivity index (χ0v) is 12.1. The first kappa shape index (κ1) is 16.7. The number of carbonyl (C=O) groups excluding carboxylic acids is 1. The second kappa shape index (κ2) is 7.07. The average molecular weight is 329 g/mol. The number of alkyl halides is 3. The summed E-state index contributed by atoms with van der Waals surface area (Å²) in [5.41, 5.74) is 0.343. The Morgan fingerprint density at radius 3 is 2.91 bits per heavy atom. The number of rotatable bonds is 6. The molecular formula is C13H14F3N5O2. The van der Waals surface area contributed by atoms with E-state index in [0.717, 1.165) is 0 Å². The van der Waals surface area contributed by atoms with Crippen LogP contribution in [0.15, 0.2) is 31.0 Å². The summed E-state index contributed by atoms with van der Waals surface area (Å²) in [6, 6.07) is 2.47. The molecule has 0 radical (unpaired) electrons. The molecular weight excluding hydrogens is 315 g/mol. The number of hydrogen-bond acceptors (Lipinski definition) is 5. The first-order valence-corrected chi connectivity index (χ1v) is 6.62. The minimum absolute atomic E-state index is 0.0150. The fraction of sp³-hybridized carbons (Fsp3) is 0.385. The van der Waals surface area contributed by atoms with E-state index in [0.29, 0.717) is 5.56 Å². The van der Waals surface area contributed by atoms with E-state index >= 15 is 0 Å². The number of pyridine rings is 1. The molecule has 2 heterocycles. The van der Waals surface area contributed by atoms with Gasteiger partial charge in [-0.25, -0.2) is 14.6 Å². The van der Waals surface area contributed by atoms with Crippen molar-refractivity contribution < 1.29 is 22.7 Å². The third-order valence-electron chi connectivity index (χ3n) is 2.89. The number of halogens is 3. The summed E-state index contributed by atoms with van der Waals surface area (Å²) in [6.45, 7) is 0.160. The molecule has 10 heteroatoms. The van der Waals surface area contributed by atoms with Gasteiger partial charge in [-0.15, -0.1) is 0 Å². The number of amides is 1. The minimum atomic E-state index is -4.46. The fourth-order valence-corrected chi connectivity index (χ4v) is 1.71. The van der Waals surface area contributed by atoms with E-state index < -0.39 is 18.8 Å². The zero-order valence-electron chi connectivity index (χ0n) is 12.1. The van der Waals surface area contributed by atoms with Crippen molar-refractivity contribution >= 4 is 5.91 Å². The summed E-state index contributed by atoms with van der Waals surface area (Å²) < 4.78 is 42.6. The van der Waals surface area contributed by atoms with Gasteiger partial charge in [-0.3, -0.25) is 4.79 Å². The Morgan fingerprint density at radius 2 is 2.26 bits per heavy atom. The number of nitrogens with zero attached hydrogens (tertiary/aromatic N) is 4. The molecule has 124 valence electrons. The largest absolute Gasteiger partial charge is 0.468 e. The van der Waals surface area contributed by atoms with Crippen molar-refractivity contribution in [1.29, 1.82) is 0 Å². The summed E-state index contributed by atoms with van der Waals surface area (Å²) in [4.78, 5) is 19.5. The number of nitrogens with one attached hydrogen (secondary N) is 1. The maximum Gasteiger partial charge on any atom is 0.422 e. The Balaban J connectivity index is 1.96. The van der Waals surface area contributed by atoms with Gasteiger partial charge in [0, 0.05) is 18.3 Å². The third kappa shape index (κ3) is 4.94. The van der Waals surface area contributed by atoms with Crippen molar-refractivity contribution in [3.05, 3.63) is 36.5 Å². The molecule has 0 aliphatic heterocycles. The van der Waals surface area contributed by atoms with Crippen LogP contribution in [0.3, 0.4) is 0 Å². The monoisotopic (exact) mass is 329 g/mol. The van der Waals surface area contributed by atoms with Crippen LogP contribution < -0.4 is 10.1 Å². The molecule has 2 aromatic rings. The van der Waals surface area contributed by atoms with Gasteiger partial charge in [0.2, 0.25) is 11.8 Å². The first-order valence-electron chi connectivity index (χ1n) is 6.62. The smallest absolute Gasteiger partial charge is 0.422 e. The van der Waals surface area contributed by atoms with Gasteiger partial charge >= 0.3 is 6.18 Å². The lowest BCUT2D eigenvalue weighted by Crippen LogP contribution is -2.31. The standard InChI is InChI=1S/C13H14F3N5O2/c1-9(21-8-17-7-20-21)11(22)19-5-10-3-2-4-18-12(10)23-6-13(14,15)16/h2-4,7-9H,5-6H2,1H3,(H,19,22). The Labute approximate surface area is 129 Å². The third-order valence-corrected chi connectivity index (χ3v) is 2.89. The van der Waals surface area contributed by atoms with E-state index in [4.69, 9.17) is 0 Å². The van der Waals surface area contributed by atoms with Crippen LogP contribution in [0.2, 0.25) is 0 Å². The molecule has 1 amide bonds. The van der Waals surface area contributed by atoms with Crippen LogP contribution >= 0.6 is 0 Å². The molecule has 0 aromatic carbocycles. The highest BCUT2D eigenvalue weighted by Crippen LogP contribution is 2.20. The average Bonchev–Trinajstić information content (AvgIpc) is 3.04. The normalized spacial score (nSPS) is 12.7. The second-order valence-corrected chi connectivity index (χ2v) is 4.64. The topological polar surface area (TPSA) is 81.9 Å². The van der Waals surface area contributed by atoms with Gasteiger partial charge in [-0.1, -0.05) is 6.07 Å².